The molecule has 1 atom stereocenters. The number of hydrogen-bond acceptors (Lipinski definition) is 2. The Balaban J connectivity index is 1.62. The average Bonchev–Trinajstić information content (AvgIpc) is 2.78. The largest absolute Gasteiger partial charge is 0.488 e. The van der Waals surface area contributed by atoms with Crippen molar-refractivity contribution in [2.24, 2.45) is 0 Å². The molecular formula is C15H13ClFNO. The quantitative estimate of drug-likeness (QED) is 0.919. The highest BCUT2D eigenvalue weighted by Crippen LogP contribution is 2.28. The maximum atomic E-state index is 13.2. The fourth-order valence-electron chi connectivity index (χ4n) is 2.26. The van der Waals surface area contributed by atoms with Gasteiger partial charge >= 0.3 is 0 Å². The van der Waals surface area contributed by atoms with Crippen molar-refractivity contribution in [2.45, 2.75) is 12.5 Å². The molecule has 0 spiro atoms. The Hall–Kier alpha value is -1.74. The molecular weight excluding hydrogens is 265 g/mol. The van der Waals surface area contributed by atoms with Gasteiger partial charge in [0.2, 0.25) is 0 Å². The molecule has 0 amide bonds. The third-order valence-electron chi connectivity index (χ3n) is 3.11. The van der Waals surface area contributed by atoms with Crippen molar-refractivity contribution in [1.82, 2.24) is 0 Å². The monoisotopic (exact) mass is 277 g/mol. The molecule has 1 heterocycles. The van der Waals surface area contributed by atoms with Gasteiger partial charge in [-0.1, -0.05) is 29.8 Å². The molecule has 0 aromatic heterocycles. The molecule has 2 nitrogen and oxygen atoms in total. The van der Waals surface area contributed by atoms with Crippen LogP contribution in [-0.4, -0.2) is 12.6 Å². The summed E-state index contributed by atoms with van der Waals surface area (Å²) in [6.07, 6.45) is 0.936. The minimum Gasteiger partial charge on any atom is -0.488 e. The molecule has 3 rings (SSSR count). The summed E-state index contributed by atoms with van der Waals surface area (Å²) in [6.45, 7) is 0.620. The number of fused-ring (bicyclic) bond motifs is 1. The van der Waals surface area contributed by atoms with Gasteiger partial charge in [0.25, 0.3) is 0 Å². The fraction of sp³-hybridized carbons (Fsp3) is 0.200. The SMILES string of the molecule is Fc1cc(Cl)cc(NCC2Cc3ccccc3O2)c1. The lowest BCUT2D eigenvalue weighted by Crippen LogP contribution is -2.23. The molecule has 1 N–H and O–H groups in total. The zero-order valence-electron chi connectivity index (χ0n) is 10.2. The van der Waals surface area contributed by atoms with Crippen molar-refractivity contribution in [3.8, 4) is 5.75 Å². The van der Waals surface area contributed by atoms with E-state index in [1.54, 1.807) is 6.07 Å². The van der Waals surface area contributed by atoms with Crippen LogP contribution in [0.5, 0.6) is 5.75 Å². The standard InChI is InChI=1S/C15H13ClFNO/c16-11-6-12(17)8-13(7-11)18-9-14-5-10-3-1-2-4-15(10)19-14/h1-4,6-8,14,18H,5,9H2. The summed E-state index contributed by atoms with van der Waals surface area (Å²) in [5.41, 5.74) is 1.89. The van der Waals surface area contributed by atoms with Gasteiger partial charge in [0, 0.05) is 17.1 Å². The highest BCUT2D eigenvalue weighted by atomic mass is 35.5. The predicted molar refractivity (Wildman–Crippen MR) is 74.5 cm³/mol. The molecule has 0 aliphatic carbocycles. The molecule has 19 heavy (non-hydrogen) atoms. The van der Waals surface area contributed by atoms with E-state index in [4.69, 9.17) is 16.3 Å². The summed E-state index contributed by atoms with van der Waals surface area (Å²) in [4.78, 5) is 0. The Morgan fingerprint density at radius 2 is 2.11 bits per heavy atom. The van der Waals surface area contributed by atoms with Crippen molar-refractivity contribution < 1.29 is 9.13 Å². The van der Waals surface area contributed by atoms with Crippen LogP contribution in [0.25, 0.3) is 0 Å². The first-order chi connectivity index (χ1) is 9.20. The predicted octanol–water partition coefficient (Wildman–Crippen LogP) is 3.89. The molecule has 0 radical (unpaired) electrons. The summed E-state index contributed by atoms with van der Waals surface area (Å²) in [5.74, 6) is 0.595. The molecule has 2 aromatic carbocycles. The van der Waals surface area contributed by atoms with E-state index in [9.17, 15) is 4.39 Å². The van der Waals surface area contributed by atoms with Crippen LogP contribution in [0.15, 0.2) is 42.5 Å². The third-order valence-corrected chi connectivity index (χ3v) is 3.33. The first-order valence-corrected chi connectivity index (χ1v) is 6.53. The molecule has 0 bridgehead atoms. The normalized spacial score (nSPS) is 16.8. The molecule has 2 aromatic rings. The number of para-hydroxylation sites is 1. The molecule has 0 saturated heterocycles. The van der Waals surface area contributed by atoms with Crippen molar-refractivity contribution in [3.63, 3.8) is 0 Å². The van der Waals surface area contributed by atoms with Gasteiger partial charge in [0.15, 0.2) is 0 Å². The van der Waals surface area contributed by atoms with E-state index < -0.39 is 0 Å². The lowest BCUT2D eigenvalue weighted by molar-refractivity contribution is 0.246. The number of halogens is 2. The third kappa shape index (κ3) is 2.82. The number of ether oxygens (including phenoxy) is 1. The van der Waals surface area contributed by atoms with Gasteiger partial charge in [0.1, 0.15) is 17.7 Å². The van der Waals surface area contributed by atoms with E-state index >= 15 is 0 Å². The highest BCUT2D eigenvalue weighted by Gasteiger charge is 2.21. The zero-order valence-corrected chi connectivity index (χ0v) is 11.0. The van der Waals surface area contributed by atoms with Gasteiger partial charge in [0.05, 0.1) is 6.54 Å². The molecule has 1 unspecified atom stereocenters. The minimum absolute atomic E-state index is 0.0689. The summed E-state index contributed by atoms with van der Waals surface area (Å²) in [5, 5.41) is 3.54. The summed E-state index contributed by atoms with van der Waals surface area (Å²) in [7, 11) is 0. The van der Waals surface area contributed by atoms with Gasteiger partial charge in [-0.2, -0.15) is 0 Å². The van der Waals surface area contributed by atoms with Crippen LogP contribution in [0.1, 0.15) is 5.56 Å². The van der Waals surface area contributed by atoms with Crippen LogP contribution < -0.4 is 10.1 Å². The number of benzene rings is 2. The van der Waals surface area contributed by atoms with Crippen molar-refractivity contribution in [1.29, 1.82) is 0 Å². The van der Waals surface area contributed by atoms with E-state index in [2.05, 4.69) is 11.4 Å². The summed E-state index contributed by atoms with van der Waals surface area (Å²) in [6, 6.07) is 12.4. The lowest BCUT2D eigenvalue weighted by atomic mass is 10.1. The summed E-state index contributed by atoms with van der Waals surface area (Å²) >= 11 is 5.81. The minimum atomic E-state index is -0.342. The molecule has 0 fully saturated rings. The van der Waals surface area contributed by atoms with E-state index in [1.165, 1.54) is 17.7 Å². The maximum Gasteiger partial charge on any atom is 0.126 e. The second-order valence-electron chi connectivity index (χ2n) is 4.59. The molecule has 0 saturated carbocycles. The Morgan fingerprint density at radius 3 is 2.89 bits per heavy atom. The lowest BCUT2D eigenvalue weighted by Gasteiger charge is -2.13. The van der Waals surface area contributed by atoms with E-state index in [0.29, 0.717) is 17.3 Å². The molecule has 1 aliphatic rings. The Kier molecular flexibility index (Phi) is 3.30. The maximum absolute atomic E-state index is 13.2. The van der Waals surface area contributed by atoms with Crippen LogP contribution in [0, 0.1) is 5.82 Å². The Labute approximate surface area is 116 Å². The van der Waals surface area contributed by atoms with Crippen molar-refractivity contribution in [2.75, 3.05) is 11.9 Å². The fourth-order valence-corrected chi connectivity index (χ4v) is 2.48. The van der Waals surface area contributed by atoms with Gasteiger partial charge in [-0.25, -0.2) is 4.39 Å². The smallest absolute Gasteiger partial charge is 0.126 e. The van der Waals surface area contributed by atoms with E-state index in [-0.39, 0.29) is 11.9 Å². The first kappa shape index (κ1) is 12.3. The molecule has 98 valence electrons. The molecule has 4 heteroatoms. The van der Waals surface area contributed by atoms with E-state index in [1.807, 2.05) is 18.2 Å². The Morgan fingerprint density at radius 1 is 1.26 bits per heavy atom. The van der Waals surface area contributed by atoms with Gasteiger partial charge in [-0.05, 0) is 29.8 Å². The number of nitrogens with one attached hydrogen (secondary N) is 1. The number of anilines is 1. The van der Waals surface area contributed by atoms with Crippen molar-refractivity contribution in [3.05, 3.63) is 58.9 Å². The highest BCUT2D eigenvalue weighted by molar-refractivity contribution is 6.30. The zero-order chi connectivity index (χ0) is 13.2. The van der Waals surface area contributed by atoms with Gasteiger partial charge in [-0.15, -0.1) is 0 Å². The van der Waals surface area contributed by atoms with Crippen LogP contribution in [0.3, 0.4) is 0 Å². The first-order valence-electron chi connectivity index (χ1n) is 6.15. The Bertz CT molecular complexity index is 557. The number of hydrogen-bond donors (Lipinski definition) is 1. The van der Waals surface area contributed by atoms with Crippen LogP contribution in [-0.2, 0) is 6.42 Å². The summed E-state index contributed by atoms with van der Waals surface area (Å²) < 4.78 is 19.0. The molecule has 1 aliphatic heterocycles. The number of rotatable bonds is 3. The second-order valence-corrected chi connectivity index (χ2v) is 5.03. The second kappa shape index (κ2) is 5.10. The average molecular weight is 278 g/mol. The van der Waals surface area contributed by atoms with Crippen molar-refractivity contribution >= 4 is 17.3 Å². The van der Waals surface area contributed by atoms with Gasteiger partial charge in [-0.3, -0.25) is 0 Å². The van der Waals surface area contributed by atoms with Crippen LogP contribution in [0.2, 0.25) is 5.02 Å². The van der Waals surface area contributed by atoms with Gasteiger partial charge < -0.3 is 10.1 Å². The topological polar surface area (TPSA) is 21.3 Å². The van der Waals surface area contributed by atoms with Crippen LogP contribution >= 0.6 is 11.6 Å². The van der Waals surface area contributed by atoms with Crippen LogP contribution in [0.4, 0.5) is 10.1 Å². The van der Waals surface area contributed by atoms with E-state index in [0.717, 1.165) is 12.2 Å².